The van der Waals surface area contributed by atoms with Crippen molar-refractivity contribution >= 4 is 35.1 Å². The Balaban J connectivity index is 1.31. The number of pyridine rings is 1. The van der Waals surface area contributed by atoms with Gasteiger partial charge in [-0.25, -0.2) is 9.78 Å². The smallest absolute Gasteiger partial charge is 0.414 e. The Labute approximate surface area is 193 Å². The third kappa shape index (κ3) is 3.92. The quantitative estimate of drug-likeness (QED) is 0.742. The molecule has 1 spiro atoms. The number of piperidine rings is 1. The number of anilines is 2. The largest absolute Gasteiger partial charge is 0.449 e. The number of nitrogens with zero attached hydrogens (tertiary/aromatic N) is 4. The molecule has 9 heteroatoms. The van der Waals surface area contributed by atoms with Crippen molar-refractivity contribution in [1.29, 1.82) is 0 Å². The zero-order valence-corrected chi connectivity index (χ0v) is 19.1. The molecule has 0 bridgehead atoms. The van der Waals surface area contributed by atoms with Crippen LogP contribution in [-0.4, -0.2) is 71.9 Å². The van der Waals surface area contributed by atoms with E-state index in [0.717, 1.165) is 64.5 Å². The van der Waals surface area contributed by atoms with Crippen LogP contribution in [0.2, 0.25) is 5.02 Å². The number of hydrogen-bond acceptors (Lipinski definition) is 6. The molecule has 174 valence electrons. The summed E-state index contributed by atoms with van der Waals surface area (Å²) in [5.41, 5.74) is 0.257. The molecule has 1 unspecified atom stereocenters. The van der Waals surface area contributed by atoms with Gasteiger partial charge >= 0.3 is 6.09 Å². The number of aliphatic hydroxyl groups is 1. The Morgan fingerprint density at radius 2 is 1.91 bits per heavy atom. The average molecular weight is 463 g/mol. The van der Waals surface area contributed by atoms with Gasteiger partial charge in [0.15, 0.2) is 0 Å². The van der Waals surface area contributed by atoms with Crippen molar-refractivity contribution < 1.29 is 19.4 Å². The standard InChI is InChI=1S/C23H31ClN4O4/c24-19-13-17(28-10-2-12-32-22(28)31)14-25-20(19)26-9-1-7-23(15-26)8-11-27(21(23)30)16-3-5-18(29)6-4-16/h13-14,16,18,29H,1-12,15H2/t16-,18+,23?. The monoisotopic (exact) mass is 462 g/mol. The number of carbonyl (C=O) groups excluding carboxylic acids is 2. The summed E-state index contributed by atoms with van der Waals surface area (Å²) in [6, 6.07) is 2.03. The summed E-state index contributed by atoms with van der Waals surface area (Å²) in [5, 5.41) is 10.3. The number of halogens is 1. The van der Waals surface area contributed by atoms with Gasteiger partial charge in [0.1, 0.15) is 5.82 Å². The van der Waals surface area contributed by atoms with E-state index in [1.54, 1.807) is 17.2 Å². The molecule has 3 saturated heterocycles. The summed E-state index contributed by atoms with van der Waals surface area (Å²) >= 11 is 6.62. The average Bonchev–Trinajstić information content (AvgIpc) is 3.10. The number of aliphatic hydroxyl groups excluding tert-OH is 1. The van der Waals surface area contributed by atoms with Crippen molar-refractivity contribution in [1.82, 2.24) is 9.88 Å². The fourth-order valence-corrected chi connectivity index (χ4v) is 6.12. The van der Waals surface area contributed by atoms with Crippen LogP contribution in [0.25, 0.3) is 0 Å². The first kappa shape index (κ1) is 21.8. The van der Waals surface area contributed by atoms with E-state index in [2.05, 4.69) is 14.8 Å². The molecule has 1 saturated carbocycles. The Morgan fingerprint density at radius 1 is 1.09 bits per heavy atom. The van der Waals surface area contributed by atoms with Gasteiger partial charge in [-0.15, -0.1) is 0 Å². The molecule has 2 amide bonds. The van der Waals surface area contributed by atoms with Gasteiger partial charge in [0.05, 0.1) is 35.0 Å². The van der Waals surface area contributed by atoms with Crippen molar-refractivity contribution in [2.45, 2.75) is 63.5 Å². The summed E-state index contributed by atoms with van der Waals surface area (Å²) in [6.45, 7) is 3.26. The molecule has 0 aromatic carbocycles. The van der Waals surface area contributed by atoms with Crippen LogP contribution >= 0.6 is 11.6 Å². The molecule has 32 heavy (non-hydrogen) atoms. The van der Waals surface area contributed by atoms with Crippen LogP contribution in [0.1, 0.15) is 51.4 Å². The fourth-order valence-electron chi connectivity index (χ4n) is 5.84. The topological polar surface area (TPSA) is 86.2 Å². The van der Waals surface area contributed by atoms with Gasteiger partial charge in [-0.2, -0.15) is 0 Å². The Kier molecular flexibility index (Phi) is 5.92. The summed E-state index contributed by atoms with van der Waals surface area (Å²) in [4.78, 5) is 36.0. The van der Waals surface area contributed by atoms with Crippen molar-refractivity contribution in [3.05, 3.63) is 17.3 Å². The van der Waals surface area contributed by atoms with Crippen LogP contribution in [0, 0.1) is 5.41 Å². The molecule has 4 fully saturated rings. The highest BCUT2D eigenvalue weighted by molar-refractivity contribution is 6.33. The first-order valence-electron chi connectivity index (χ1n) is 11.8. The van der Waals surface area contributed by atoms with Crippen LogP contribution < -0.4 is 9.80 Å². The number of carbonyl (C=O) groups is 2. The maximum atomic E-state index is 13.5. The number of hydrogen-bond donors (Lipinski definition) is 1. The van der Waals surface area contributed by atoms with Crippen LogP contribution in [0.15, 0.2) is 12.3 Å². The predicted octanol–water partition coefficient (Wildman–Crippen LogP) is 3.20. The minimum absolute atomic E-state index is 0.217. The maximum Gasteiger partial charge on any atom is 0.414 e. The Hall–Kier alpha value is -2.06. The van der Waals surface area contributed by atoms with Crippen molar-refractivity contribution in [3.8, 4) is 0 Å². The highest BCUT2D eigenvalue weighted by Crippen LogP contribution is 2.44. The molecular weight excluding hydrogens is 432 g/mol. The second-order valence-corrected chi connectivity index (χ2v) is 10.0. The Bertz CT molecular complexity index is 891. The molecule has 1 aromatic heterocycles. The molecule has 4 aliphatic rings. The lowest BCUT2D eigenvalue weighted by Crippen LogP contribution is -2.50. The molecule has 1 aromatic rings. The van der Waals surface area contributed by atoms with E-state index in [4.69, 9.17) is 16.3 Å². The third-order valence-corrected chi connectivity index (χ3v) is 7.90. The SMILES string of the molecule is O=C1OCCCN1c1cnc(N2CCCC3(CCN([C@H]4CC[C@@H](O)CC4)C3=O)C2)c(Cl)c1. The van der Waals surface area contributed by atoms with Crippen LogP contribution in [-0.2, 0) is 9.53 Å². The van der Waals surface area contributed by atoms with E-state index >= 15 is 0 Å². The molecule has 3 aliphatic heterocycles. The van der Waals surface area contributed by atoms with Crippen molar-refractivity contribution in [3.63, 3.8) is 0 Å². The Morgan fingerprint density at radius 3 is 2.66 bits per heavy atom. The first-order chi connectivity index (χ1) is 15.5. The lowest BCUT2D eigenvalue weighted by atomic mass is 9.78. The van der Waals surface area contributed by atoms with Crippen LogP contribution in [0.4, 0.5) is 16.3 Å². The van der Waals surface area contributed by atoms with Gasteiger partial charge in [-0.1, -0.05) is 11.6 Å². The zero-order chi connectivity index (χ0) is 22.3. The van der Waals surface area contributed by atoms with Crippen molar-refractivity contribution in [2.75, 3.05) is 42.6 Å². The normalized spacial score (nSPS) is 31.4. The van der Waals surface area contributed by atoms with Crippen molar-refractivity contribution in [2.24, 2.45) is 5.41 Å². The number of amides is 2. The molecule has 0 radical (unpaired) electrons. The van der Waals surface area contributed by atoms with Crippen LogP contribution in [0.5, 0.6) is 0 Å². The maximum absolute atomic E-state index is 13.5. The van der Waals surface area contributed by atoms with Crippen LogP contribution in [0.3, 0.4) is 0 Å². The van der Waals surface area contributed by atoms with Gasteiger partial charge < -0.3 is 19.6 Å². The second kappa shape index (κ2) is 8.71. The molecule has 1 N–H and O–H groups in total. The van der Waals surface area contributed by atoms with E-state index in [9.17, 15) is 14.7 Å². The minimum atomic E-state index is -0.380. The minimum Gasteiger partial charge on any atom is -0.449 e. The molecule has 1 atom stereocenters. The fraction of sp³-hybridized carbons (Fsp3) is 0.696. The number of likely N-dealkylation sites (tertiary alicyclic amines) is 1. The van der Waals surface area contributed by atoms with Gasteiger partial charge in [0, 0.05) is 32.2 Å². The predicted molar refractivity (Wildman–Crippen MR) is 121 cm³/mol. The molecule has 5 rings (SSSR count). The van der Waals surface area contributed by atoms with Gasteiger partial charge in [-0.05, 0) is 57.4 Å². The number of aromatic nitrogens is 1. The van der Waals surface area contributed by atoms with E-state index in [1.165, 1.54) is 0 Å². The van der Waals surface area contributed by atoms with E-state index in [0.29, 0.717) is 36.2 Å². The number of ether oxygens (including phenoxy) is 1. The third-order valence-electron chi connectivity index (χ3n) is 7.62. The highest BCUT2D eigenvalue weighted by Gasteiger charge is 2.51. The van der Waals surface area contributed by atoms with E-state index < -0.39 is 0 Å². The van der Waals surface area contributed by atoms with E-state index in [1.807, 2.05) is 0 Å². The highest BCUT2D eigenvalue weighted by atomic mass is 35.5. The van der Waals surface area contributed by atoms with Gasteiger partial charge in [-0.3, -0.25) is 9.69 Å². The van der Waals surface area contributed by atoms with Gasteiger partial charge in [0.25, 0.3) is 0 Å². The number of cyclic esters (lactones) is 1. The zero-order valence-electron chi connectivity index (χ0n) is 18.3. The number of rotatable bonds is 3. The van der Waals surface area contributed by atoms with Gasteiger partial charge in [0.2, 0.25) is 5.91 Å². The molecule has 1 aliphatic carbocycles. The summed E-state index contributed by atoms with van der Waals surface area (Å²) < 4.78 is 5.12. The second-order valence-electron chi connectivity index (χ2n) is 9.63. The summed E-state index contributed by atoms with van der Waals surface area (Å²) in [5.74, 6) is 0.930. The molecule has 8 nitrogen and oxygen atoms in total. The molecular formula is C23H31ClN4O4. The lowest BCUT2D eigenvalue weighted by molar-refractivity contribution is -0.139. The molecule has 4 heterocycles. The first-order valence-corrected chi connectivity index (χ1v) is 12.2. The summed E-state index contributed by atoms with van der Waals surface area (Å²) in [7, 11) is 0. The lowest BCUT2D eigenvalue weighted by Gasteiger charge is -2.41. The summed E-state index contributed by atoms with van der Waals surface area (Å²) in [6.07, 6.45) is 7.87. The van der Waals surface area contributed by atoms with E-state index in [-0.39, 0.29) is 29.6 Å².